The van der Waals surface area contributed by atoms with Gasteiger partial charge in [-0.2, -0.15) is 0 Å². The fourth-order valence-corrected chi connectivity index (χ4v) is 3.91. The van der Waals surface area contributed by atoms with Crippen molar-refractivity contribution in [3.8, 4) is 5.75 Å². The summed E-state index contributed by atoms with van der Waals surface area (Å²) >= 11 is 0. The van der Waals surface area contributed by atoms with Crippen molar-refractivity contribution in [3.05, 3.63) is 65.6 Å². The number of aromatic nitrogens is 3. The number of hydrogen-bond acceptors (Lipinski definition) is 6. The first-order valence-corrected chi connectivity index (χ1v) is 10.7. The van der Waals surface area contributed by atoms with Crippen LogP contribution >= 0.6 is 0 Å². The zero-order valence-corrected chi connectivity index (χ0v) is 18.2. The van der Waals surface area contributed by atoms with E-state index in [2.05, 4.69) is 51.0 Å². The molecule has 0 saturated carbocycles. The van der Waals surface area contributed by atoms with Gasteiger partial charge >= 0.3 is 0 Å². The van der Waals surface area contributed by atoms with Gasteiger partial charge in [-0.3, -0.25) is 9.69 Å². The summed E-state index contributed by atoms with van der Waals surface area (Å²) in [7, 11) is 1.68. The average Bonchev–Trinajstić information content (AvgIpc) is 3.40. The Morgan fingerprint density at radius 1 is 1.16 bits per heavy atom. The van der Waals surface area contributed by atoms with Crippen molar-refractivity contribution >= 4 is 5.91 Å². The molecule has 1 aliphatic rings. The third-order valence-electron chi connectivity index (χ3n) is 5.73. The third-order valence-corrected chi connectivity index (χ3v) is 5.73. The topological polar surface area (TPSA) is 85.4 Å². The predicted octanol–water partition coefficient (Wildman–Crippen LogP) is 3.07. The number of furan rings is 1. The lowest BCUT2D eigenvalue weighted by Crippen LogP contribution is -2.34. The number of rotatable bonds is 7. The van der Waals surface area contributed by atoms with Crippen molar-refractivity contribution in [2.24, 2.45) is 5.92 Å². The van der Waals surface area contributed by atoms with Crippen molar-refractivity contribution in [3.63, 3.8) is 0 Å². The van der Waals surface area contributed by atoms with Gasteiger partial charge in [-0.25, -0.2) is 0 Å². The molecule has 31 heavy (non-hydrogen) atoms. The van der Waals surface area contributed by atoms with E-state index in [1.54, 1.807) is 13.2 Å². The van der Waals surface area contributed by atoms with Crippen LogP contribution < -0.4 is 10.1 Å². The molecule has 0 fully saturated rings. The van der Waals surface area contributed by atoms with Crippen molar-refractivity contribution in [1.29, 1.82) is 0 Å². The smallest absolute Gasteiger partial charge is 0.255 e. The van der Waals surface area contributed by atoms with Crippen LogP contribution in [0.15, 0.2) is 47.3 Å². The molecule has 0 saturated heterocycles. The molecule has 0 spiro atoms. The van der Waals surface area contributed by atoms with Crippen LogP contribution in [0.1, 0.15) is 47.5 Å². The first-order valence-electron chi connectivity index (χ1n) is 10.7. The summed E-state index contributed by atoms with van der Waals surface area (Å²) in [4.78, 5) is 15.0. The van der Waals surface area contributed by atoms with Gasteiger partial charge in [0.15, 0.2) is 5.82 Å². The number of carbonyl (C=O) groups is 1. The minimum absolute atomic E-state index is 0.167. The molecule has 164 valence electrons. The molecule has 0 unspecified atom stereocenters. The molecule has 1 N–H and O–H groups in total. The molecule has 3 aromatic rings. The summed E-state index contributed by atoms with van der Waals surface area (Å²) in [6, 6.07) is 9.64. The van der Waals surface area contributed by atoms with E-state index in [4.69, 9.17) is 9.15 Å². The molecule has 2 aromatic heterocycles. The van der Waals surface area contributed by atoms with Gasteiger partial charge in [0.05, 0.1) is 25.0 Å². The Kier molecular flexibility index (Phi) is 6.36. The van der Waals surface area contributed by atoms with E-state index in [-0.39, 0.29) is 17.9 Å². The maximum Gasteiger partial charge on any atom is 0.255 e. The summed E-state index contributed by atoms with van der Waals surface area (Å²) in [5, 5.41) is 12.0. The Bertz CT molecular complexity index is 995. The van der Waals surface area contributed by atoms with Gasteiger partial charge in [0.1, 0.15) is 17.8 Å². The minimum Gasteiger partial charge on any atom is -0.497 e. The molecule has 8 nitrogen and oxygen atoms in total. The number of nitrogens with one attached hydrogen (secondary N) is 1. The largest absolute Gasteiger partial charge is 0.497 e. The molecular weight excluding hydrogens is 394 g/mol. The first-order chi connectivity index (χ1) is 15.0. The highest BCUT2D eigenvalue weighted by Crippen LogP contribution is 2.23. The van der Waals surface area contributed by atoms with Gasteiger partial charge in [0.25, 0.3) is 5.91 Å². The van der Waals surface area contributed by atoms with E-state index in [1.807, 2.05) is 12.1 Å². The third kappa shape index (κ3) is 4.80. The fourth-order valence-electron chi connectivity index (χ4n) is 3.91. The van der Waals surface area contributed by atoms with Crippen LogP contribution in [0.2, 0.25) is 0 Å². The number of methoxy groups -OCH3 is 1. The van der Waals surface area contributed by atoms with E-state index >= 15 is 0 Å². The summed E-state index contributed by atoms with van der Waals surface area (Å²) in [6.45, 7) is 7.63. The maximum atomic E-state index is 12.6. The Balaban J connectivity index is 1.46. The fraction of sp³-hybridized carbons (Fsp3) is 0.435. The lowest BCUT2D eigenvalue weighted by atomic mass is 10.0. The Labute approximate surface area is 182 Å². The number of amides is 1. The summed E-state index contributed by atoms with van der Waals surface area (Å²) in [6.07, 6.45) is 3.78. The van der Waals surface area contributed by atoms with Gasteiger partial charge in [-0.05, 0) is 29.7 Å². The van der Waals surface area contributed by atoms with Crippen molar-refractivity contribution in [2.75, 3.05) is 20.2 Å². The van der Waals surface area contributed by atoms with Gasteiger partial charge in [0.2, 0.25) is 0 Å². The zero-order chi connectivity index (χ0) is 21.8. The van der Waals surface area contributed by atoms with E-state index in [0.717, 1.165) is 50.0 Å². The summed E-state index contributed by atoms with van der Waals surface area (Å²) in [5.74, 6) is 2.65. The Morgan fingerprint density at radius 2 is 1.97 bits per heavy atom. The number of fused-ring (bicyclic) bond motifs is 1. The van der Waals surface area contributed by atoms with Crippen LogP contribution in [-0.2, 0) is 19.5 Å². The molecule has 1 aliphatic heterocycles. The monoisotopic (exact) mass is 423 g/mol. The highest BCUT2D eigenvalue weighted by Gasteiger charge is 2.28. The molecule has 0 radical (unpaired) electrons. The van der Waals surface area contributed by atoms with E-state index in [1.165, 1.54) is 18.1 Å². The van der Waals surface area contributed by atoms with E-state index in [9.17, 15) is 4.79 Å². The molecular formula is C23H29N5O3. The normalized spacial score (nSPS) is 15.4. The second-order valence-electron chi connectivity index (χ2n) is 8.21. The van der Waals surface area contributed by atoms with Crippen LogP contribution in [0.25, 0.3) is 0 Å². The highest BCUT2D eigenvalue weighted by atomic mass is 16.5. The second kappa shape index (κ2) is 9.34. The predicted molar refractivity (Wildman–Crippen MR) is 116 cm³/mol. The van der Waals surface area contributed by atoms with Gasteiger partial charge in [-0.15, -0.1) is 10.2 Å². The molecule has 3 heterocycles. The minimum atomic E-state index is -0.225. The molecule has 1 aromatic carbocycles. The zero-order valence-electron chi connectivity index (χ0n) is 18.2. The van der Waals surface area contributed by atoms with Gasteiger partial charge < -0.3 is 19.0 Å². The quantitative estimate of drug-likeness (QED) is 0.629. The van der Waals surface area contributed by atoms with Crippen LogP contribution in [0, 0.1) is 5.92 Å². The maximum absolute atomic E-state index is 12.6. The lowest BCUT2D eigenvalue weighted by molar-refractivity contribution is 0.0921. The Hall–Kier alpha value is -3.13. The molecule has 0 bridgehead atoms. The molecule has 8 heteroatoms. The van der Waals surface area contributed by atoms with Crippen LogP contribution in [0.4, 0.5) is 0 Å². The second-order valence-corrected chi connectivity index (χ2v) is 8.21. The lowest BCUT2D eigenvalue weighted by Gasteiger charge is -2.23. The highest BCUT2D eigenvalue weighted by molar-refractivity contribution is 5.94. The first kappa shape index (κ1) is 21.1. The molecule has 1 amide bonds. The Morgan fingerprint density at radius 3 is 2.65 bits per heavy atom. The number of ether oxygens (including phenoxy) is 1. The van der Waals surface area contributed by atoms with Crippen molar-refractivity contribution in [2.45, 2.75) is 39.4 Å². The van der Waals surface area contributed by atoms with Crippen molar-refractivity contribution in [1.82, 2.24) is 25.0 Å². The van der Waals surface area contributed by atoms with Gasteiger partial charge in [0, 0.05) is 32.6 Å². The number of carbonyl (C=O) groups excluding carboxylic acids is 1. The number of benzene rings is 1. The average molecular weight is 424 g/mol. The molecule has 4 rings (SSSR count). The summed E-state index contributed by atoms with van der Waals surface area (Å²) in [5.41, 5.74) is 1.76. The van der Waals surface area contributed by atoms with Crippen LogP contribution in [-0.4, -0.2) is 45.8 Å². The van der Waals surface area contributed by atoms with Crippen molar-refractivity contribution < 1.29 is 13.9 Å². The van der Waals surface area contributed by atoms with Crippen LogP contribution in [0.3, 0.4) is 0 Å². The van der Waals surface area contributed by atoms with E-state index in [0.29, 0.717) is 5.56 Å². The molecule has 0 aliphatic carbocycles. The number of nitrogens with zero attached hydrogens (tertiary/aromatic N) is 4. The number of hydrogen-bond donors (Lipinski definition) is 1. The standard InChI is InChI=1S/C23H29N5O3/c1-16(2)21(24-23(29)18-9-13-31-15-18)22-26-25-20-8-10-27(11-12-28(20)22)14-17-4-6-19(30-3)7-5-17/h4-7,9,13,15-16,21H,8,10-12,14H2,1-3H3,(H,24,29)/t21-/m0/s1. The van der Waals surface area contributed by atoms with E-state index < -0.39 is 0 Å². The van der Waals surface area contributed by atoms with Gasteiger partial charge in [-0.1, -0.05) is 26.0 Å². The SMILES string of the molecule is COc1ccc(CN2CCc3nnc([C@@H](NC(=O)c4ccoc4)C(C)C)n3CC2)cc1. The molecule has 1 atom stereocenters. The van der Waals surface area contributed by atoms with Crippen LogP contribution in [0.5, 0.6) is 5.75 Å². The summed E-state index contributed by atoms with van der Waals surface area (Å²) < 4.78 is 12.5.